The summed E-state index contributed by atoms with van der Waals surface area (Å²) in [6.45, 7) is 4.27. The molecule has 1 N–H and O–H groups in total. The molecular weight excluding hydrogens is 337 g/mol. The number of ether oxygens (including phenoxy) is 2. The smallest absolute Gasteiger partial charge is 0.246 e. The van der Waals surface area contributed by atoms with Gasteiger partial charge in [0.1, 0.15) is 5.82 Å². The zero-order valence-corrected chi connectivity index (χ0v) is 13.3. The second-order valence-corrected chi connectivity index (χ2v) is 6.22. The van der Waals surface area contributed by atoms with Gasteiger partial charge in [-0.05, 0) is 45.8 Å². The second-order valence-electron chi connectivity index (χ2n) is 5.37. The van der Waals surface area contributed by atoms with Crippen LogP contribution >= 0.6 is 15.9 Å². The van der Waals surface area contributed by atoms with E-state index in [1.807, 2.05) is 38.1 Å². The Morgan fingerprint density at radius 2 is 1.86 bits per heavy atom. The third-order valence-corrected chi connectivity index (χ3v) is 3.78. The van der Waals surface area contributed by atoms with Crippen molar-refractivity contribution in [3.8, 4) is 11.5 Å². The molecule has 0 atom stereocenters. The molecule has 0 bridgehead atoms. The Morgan fingerprint density at radius 1 is 1.10 bits per heavy atom. The first-order valence-electron chi connectivity index (χ1n) is 6.63. The Kier molecular flexibility index (Phi) is 3.53. The summed E-state index contributed by atoms with van der Waals surface area (Å²) in [4.78, 5) is 0. The molecule has 0 radical (unpaired) electrons. The molecule has 1 aliphatic heterocycles. The topological polar surface area (TPSA) is 30.5 Å². The monoisotopic (exact) mass is 351 g/mol. The maximum Gasteiger partial charge on any atom is 0.246 e. The van der Waals surface area contributed by atoms with Gasteiger partial charge in [0.25, 0.3) is 0 Å². The summed E-state index contributed by atoms with van der Waals surface area (Å²) in [6, 6.07) is 10.8. The molecule has 0 unspecified atom stereocenters. The highest BCUT2D eigenvalue weighted by molar-refractivity contribution is 9.10. The van der Waals surface area contributed by atoms with Gasteiger partial charge in [-0.1, -0.05) is 6.07 Å². The molecule has 0 amide bonds. The van der Waals surface area contributed by atoms with Gasteiger partial charge in [-0.25, -0.2) is 4.39 Å². The summed E-state index contributed by atoms with van der Waals surface area (Å²) in [5.74, 6) is 0.560. The third kappa shape index (κ3) is 3.13. The maximum atomic E-state index is 13.5. The van der Waals surface area contributed by atoms with Crippen molar-refractivity contribution in [1.82, 2.24) is 0 Å². The van der Waals surface area contributed by atoms with E-state index in [0.29, 0.717) is 16.8 Å². The van der Waals surface area contributed by atoms with Crippen LogP contribution in [-0.4, -0.2) is 5.79 Å². The van der Waals surface area contributed by atoms with Gasteiger partial charge in [0.05, 0.1) is 4.47 Å². The lowest BCUT2D eigenvalue weighted by atomic mass is 10.2. The van der Waals surface area contributed by atoms with Crippen LogP contribution in [0.15, 0.2) is 40.9 Å². The van der Waals surface area contributed by atoms with E-state index >= 15 is 0 Å². The third-order valence-electron chi connectivity index (χ3n) is 3.14. The van der Waals surface area contributed by atoms with E-state index < -0.39 is 5.79 Å². The number of benzene rings is 2. The summed E-state index contributed by atoms with van der Waals surface area (Å²) in [7, 11) is 0. The highest BCUT2D eigenvalue weighted by Gasteiger charge is 2.31. The first-order chi connectivity index (χ1) is 9.93. The SMILES string of the molecule is CC1(C)Oc2ccc(NCc3ccc(Br)c(F)c3)cc2O1. The molecule has 3 nitrogen and oxygen atoms in total. The average molecular weight is 352 g/mol. The van der Waals surface area contributed by atoms with Crippen LogP contribution in [0.3, 0.4) is 0 Å². The molecule has 0 aliphatic carbocycles. The number of anilines is 1. The van der Waals surface area contributed by atoms with Gasteiger partial charge in [-0.2, -0.15) is 0 Å². The normalized spacial score (nSPS) is 15.0. The zero-order chi connectivity index (χ0) is 15.0. The number of fused-ring (bicyclic) bond motifs is 1. The van der Waals surface area contributed by atoms with Crippen LogP contribution in [-0.2, 0) is 6.54 Å². The maximum absolute atomic E-state index is 13.5. The molecule has 110 valence electrons. The highest BCUT2D eigenvalue weighted by atomic mass is 79.9. The van der Waals surface area contributed by atoms with Crippen molar-refractivity contribution in [2.24, 2.45) is 0 Å². The van der Waals surface area contributed by atoms with Crippen LogP contribution in [0.5, 0.6) is 11.5 Å². The van der Waals surface area contributed by atoms with E-state index in [9.17, 15) is 4.39 Å². The lowest BCUT2D eigenvalue weighted by Gasteiger charge is -2.16. The van der Waals surface area contributed by atoms with E-state index in [4.69, 9.17) is 9.47 Å². The summed E-state index contributed by atoms with van der Waals surface area (Å²) in [5.41, 5.74) is 1.77. The van der Waals surface area contributed by atoms with Crippen molar-refractivity contribution < 1.29 is 13.9 Å². The van der Waals surface area contributed by atoms with Gasteiger partial charge < -0.3 is 14.8 Å². The summed E-state index contributed by atoms with van der Waals surface area (Å²) in [5, 5.41) is 3.25. The molecule has 0 saturated heterocycles. The molecule has 1 heterocycles. The first-order valence-corrected chi connectivity index (χ1v) is 7.42. The Bertz CT molecular complexity index is 688. The van der Waals surface area contributed by atoms with E-state index in [2.05, 4.69) is 21.2 Å². The molecule has 0 spiro atoms. The van der Waals surface area contributed by atoms with E-state index in [1.54, 1.807) is 6.07 Å². The van der Waals surface area contributed by atoms with Crippen molar-refractivity contribution in [1.29, 1.82) is 0 Å². The summed E-state index contributed by atoms with van der Waals surface area (Å²) >= 11 is 3.14. The highest BCUT2D eigenvalue weighted by Crippen LogP contribution is 2.40. The molecular formula is C16H15BrFNO2. The molecule has 0 saturated carbocycles. The molecule has 5 heteroatoms. The van der Waals surface area contributed by atoms with Crippen LogP contribution in [0.2, 0.25) is 0 Å². The Labute approximate surface area is 131 Å². The number of rotatable bonds is 3. The molecule has 2 aromatic carbocycles. The van der Waals surface area contributed by atoms with E-state index in [-0.39, 0.29) is 5.82 Å². The van der Waals surface area contributed by atoms with Crippen LogP contribution < -0.4 is 14.8 Å². The molecule has 2 aromatic rings. The Hall–Kier alpha value is -1.75. The number of halogens is 2. The van der Waals surface area contributed by atoms with Gasteiger partial charge in [0, 0.05) is 32.1 Å². The fraction of sp³-hybridized carbons (Fsp3) is 0.250. The Morgan fingerprint density at radius 3 is 2.62 bits per heavy atom. The molecule has 1 aliphatic rings. The van der Waals surface area contributed by atoms with Gasteiger partial charge in [-0.15, -0.1) is 0 Å². The largest absolute Gasteiger partial charge is 0.449 e. The molecule has 0 aromatic heterocycles. The van der Waals surface area contributed by atoms with E-state index in [0.717, 1.165) is 17.0 Å². The molecule has 0 fully saturated rings. The van der Waals surface area contributed by atoms with Crippen LogP contribution in [0.25, 0.3) is 0 Å². The summed E-state index contributed by atoms with van der Waals surface area (Å²) < 4.78 is 25.3. The second kappa shape index (κ2) is 5.22. The minimum absolute atomic E-state index is 0.262. The zero-order valence-electron chi connectivity index (χ0n) is 11.7. The fourth-order valence-electron chi connectivity index (χ4n) is 2.19. The molecule has 21 heavy (non-hydrogen) atoms. The number of hydrogen-bond acceptors (Lipinski definition) is 3. The van der Waals surface area contributed by atoms with Crippen LogP contribution in [0, 0.1) is 5.82 Å². The van der Waals surface area contributed by atoms with Crippen molar-refractivity contribution in [3.05, 3.63) is 52.3 Å². The van der Waals surface area contributed by atoms with Gasteiger partial charge in [0.2, 0.25) is 5.79 Å². The van der Waals surface area contributed by atoms with Gasteiger partial charge in [-0.3, -0.25) is 0 Å². The summed E-state index contributed by atoms with van der Waals surface area (Å²) in [6.07, 6.45) is 0. The van der Waals surface area contributed by atoms with Crippen molar-refractivity contribution in [2.75, 3.05) is 5.32 Å². The predicted molar refractivity (Wildman–Crippen MR) is 83.2 cm³/mol. The lowest BCUT2D eigenvalue weighted by Crippen LogP contribution is -2.29. The van der Waals surface area contributed by atoms with Crippen LogP contribution in [0.4, 0.5) is 10.1 Å². The van der Waals surface area contributed by atoms with Crippen LogP contribution in [0.1, 0.15) is 19.4 Å². The van der Waals surface area contributed by atoms with Crippen molar-refractivity contribution in [2.45, 2.75) is 26.2 Å². The predicted octanol–water partition coefficient (Wildman–Crippen LogP) is 4.71. The lowest BCUT2D eigenvalue weighted by molar-refractivity contribution is -0.0431. The average Bonchev–Trinajstić information content (AvgIpc) is 2.73. The van der Waals surface area contributed by atoms with Gasteiger partial charge >= 0.3 is 0 Å². The fourth-order valence-corrected chi connectivity index (χ4v) is 2.43. The number of hydrogen-bond donors (Lipinski definition) is 1. The minimum atomic E-state index is -0.629. The standard InChI is InChI=1S/C16H15BrFNO2/c1-16(2)20-14-6-4-11(8-15(14)21-16)19-9-10-3-5-12(17)13(18)7-10/h3-8,19H,9H2,1-2H3. The van der Waals surface area contributed by atoms with Crippen molar-refractivity contribution >= 4 is 21.6 Å². The van der Waals surface area contributed by atoms with Gasteiger partial charge in [0.15, 0.2) is 11.5 Å². The molecule has 3 rings (SSSR count). The van der Waals surface area contributed by atoms with E-state index in [1.165, 1.54) is 6.07 Å². The minimum Gasteiger partial charge on any atom is -0.449 e. The first kappa shape index (κ1) is 14.2. The Balaban J connectivity index is 1.71. The van der Waals surface area contributed by atoms with Crippen molar-refractivity contribution in [3.63, 3.8) is 0 Å². The quantitative estimate of drug-likeness (QED) is 0.868. The number of nitrogens with one attached hydrogen (secondary N) is 1.